The molecule has 0 spiro atoms. The molecule has 168 valence electrons. The largest absolute Gasteiger partial charge is 0.493 e. The Bertz CT molecular complexity index is 1010. The number of ether oxygens (including phenoxy) is 3. The maximum atomic E-state index is 13.4. The molecule has 0 unspecified atom stereocenters. The minimum Gasteiger partial charge on any atom is -0.493 e. The fraction of sp³-hybridized carbons (Fsp3) is 0.360. The Morgan fingerprint density at radius 1 is 1.22 bits per heavy atom. The van der Waals surface area contributed by atoms with Gasteiger partial charge in [0.15, 0.2) is 16.7 Å². The lowest BCUT2D eigenvalue weighted by Crippen LogP contribution is -2.36. The van der Waals surface area contributed by atoms with Gasteiger partial charge in [-0.15, -0.1) is 0 Å². The molecule has 0 bridgehead atoms. The highest BCUT2D eigenvalue weighted by molar-refractivity contribution is 8.18. The average Bonchev–Trinajstić information content (AvgIpc) is 3.40. The molecule has 2 fully saturated rings. The number of methoxy groups -OCH3 is 1. The molecule has 0 aromatic heterocycles. The lowest BCUT2D eigenvalue weighted by molar-refractivity contribution is -0.123. The van der Waals surface area contributed by atoms with E-state index in [0.29, 0.717) is 28.1 Å². The first-order valence-corrected chi connectivity index (χ1v) is 11.7. The Balaban J connectivity index is 1.70. The quantitative estimate of drug-likeness (QED) is 0.536. The molecule has 2 aliphatic heterocycles. The molecular formula is C25H28N2O4S. The number of carbonyl (C=O) groups is 1. The van der Waals surface area contributed by atoms with Crippen molar-refractivity contribution in [2.24, 2.45) is 4.99 Å². The molecule has 0 radical (unpaired) electrons. The summed E-state index contributed by atoms with van der Waals surface area (Å²) in [5.41, 5.74) is 1.61. The van der Waals surface area contributed by atoms with E-state index >= 15 is 0 Å². The van der Waals surface area contributed by atoms with E-state index in [1.807, 2.05) is 68.5 Å². The highest BCUT2D eigenvalue weighted by atomic mass is 32.2. The third-order valence-electron chi connectivity index (χ3n) is 5.15. The van der Waals surface area contributed by atoms with Crippen LogP contribution in [-0.4, -0.2) is 48.4 Å². The molecule has 0 aliphatic carbocycles. The summed E-state index contributed by atoms with van der Waals surface area (Å²) >= 11 is 1.38. The number of aliphatic imine (C=N–C) groups is 1. The highest BCUT2D eigenvalue weighted by Crippen LogP contribution is 2.39. The van der Waals surface area contributed by atoms with Gasteiger partial charge in [-0.3, -0.25) is 9.69 Å². The van der Waals surface area contributed by atoms with E-state index in [1.54, 1.807) is 12.0 Å². The van der Waals surface area contributed by atoms with E-state index in [-0.39, 0.29) is 18.1 Å². The van der Waals surface area contributed by atoms with Crippen molar-refractivity contribution in [2.75, 3.05) is 20.3 Å². The van der Waals surface area contributed by atoms with Crippen molar-refractivity contribution in [3.8, 4) is 11.5 Å². The number of carbonyl (C=O) groups excluding carboxylic acids is 1. The standard InChI is InChI=1S/C25H28N2O4S/c1-17(2)31-23-18(9-7-13-21(23)29-3)15-22-24(28)27(16-20-12-8-14-30-20)25(32-22)26-19-10-5-4-6-11-19/h4-7,9-11,13,15,17,20H,8,12,14,16H2,1-3H3/b22-15-,26-25?/t20-/m0/s1. The molecule has 2 aromatic carbocycles. The number of amides is 1. The van der Waals surface area contributed by atoms with Gasteiger partial charge in [0.2, 0.25) is 0 Å². The number of benzene rings is 2. The maximum Gasteiger partial charge on any atom is 0.266 e. The number of nitrogens with zero attached hydrogens (tertiary/aromatic N) is 2. The van der Waals surface area contributed by atoms with Crippen molar-refractivity contribution in [1.82, 2.24) is 4.90 Å². The van der Waals surface area contributed by atoms with E-state index in [0.717, 1.165) is 30.7 Å². The van der Waals surface area contributed by atoms with E-state index in [1.165, 1.54) is 11.8 Å². The molecule has 7 heteroatoms. The van der Waals surface area contributed by atoms with Crippen LogP contribution in [0.25, 0.3) is 6.08 Å². The number of hydrogen-bond donors (Lipinski definition) is 0. The zero-order valence-electron chi connectivity index (χ0n) is 18.6. The van der Waals surface area contributed by atoms with Gasteiger partial charge in [0.25, 0.3) is 5.91 Å². The molecule has 1 amide bonds. The second-order valence-electron chi connectivity index (χ2n) is 7.94. The van der Waals surface area contributed by atoms with E-state index in [4.69, 9.17) is 19.2 Å². The van der Waals surface area contributed by atoms with Gasteiger partial charge in [-0.05, 0) is 62.7 Å². The van der Waals surface area contributed by atoms with Crippen LogP contribution in [0, 0.1) is 0 Å². The zero-order valence-corrected chi connectivity index (χ0v) is 19.4. The van der Waals surface area contributed by atoms with E-state index in [2.05, 4.69) is 0 Å². The van der Waals surface area contributed by atoms with Crippen LogP contribution in [0.1, 0.15) is 32.3 Å². The summed E-state index contributed by atoms with van der Waals surface area (Å²) in [7, 11) is 1.61. The first kappa shape index (κ1) is 22.4. The number of para-hydroxylation sites is 2. The molecule has 2 aliphatic rings. The fourth-order valence-corrected chi connectivity index (χ4v) is 4.67. The smallest absolute Gasteiger partial charge is 0.266 e. The average molecular weight is 453 g/mol. The van der Waals surface area contributed by atoms with Gasteiger partial charge in [-0.2, -0.15) is 0 Å². The molecule has 6 nitrogen and oxygen atoms in total. The predicted octanol–water partition coefficient (Wildman–Crippen LogP) is 5.27. The van der Waals surface area contributed by atoms with Gasteiger partial charge in [0, 0.05) is 12.2 Å². The third-order valence-corrected chi connectivity index (χ3v) is 6.16. The van der Waals surface area contributed by atoms with Crippen molar-refractivity contribution in [3.05, 3.63) is 59.0 Å². The molecular weight excluding hydrogens is 424 g/mol. The first-order chi connectivity index (χ1) is 15.5. The van der Waals surface area contributed by atoms with Gasteiger partial charge >= 0.3 is 0 Å². The van der Waals surface area contributed by atoms with Gasteiger partial charge < -0.3 is 14.2 Å². The summed E-state index contributed by atoms with van der Waals surface area (Å²) in [6.07, 6.45) is 3.85. The molecule has 2 saturated heterocycles. The van der Waals surface area contributed by atoms with Crippen LogP contribution in [0.5, 0.6) is 11.5 Å². The Labute approximate surface area is 193 Å². The number of rotatable bonds is 7. The normalized spacial score (nSPS) is 21.2. The Morgan fingerprint density at radius 3 is 2.72 bits per heavy atom. The van der Waals surface area contributed by atoms with Crippen LogP contribution < -0.4 is 9.47 Å². The Kier molecular flexibility index (Phi) is 7.17. The summed E-state index contributed by atoms with van der Waals surface area (Å²) < 4.78 is 17.3. The second-order valence-corrected chi connectivity index (χ2v) is 8.95. The Morgan fingerprint density at radius 2 is 2.03 bits per heavy atom. The molecule has 0 N–H and O–H groups in total. The summed E-state index contributed by atoms with van der Waals surface area (Å²) in [5.74, 6) is 1.20. The molecule has 4 rings (SSSR count). The third kappa shape index (κ3) is 5.16. The van der Waals surface area contributed by atoms with Crippen molar-refractivity contribution in [1.29, 1.82) is 0 Å². The van der Waals surface area contributed by atoms with Crippen LogP contribution in [0.3, 0.4) is 0 Å². The summed E-state index contributed by atoms with van der Waals surface area (Å²) in [4.78, 5) is 20.5. The second kappa shape index (κ2) is 10.2. The summed E-state index contributed by atoms with van der Waals surface area (Å²) in [6, 6.07) is 15.4. The van der Waals surface area contributed by atoms with E-state index < -0.39 is 0 Å². The van der Waals surface area contributed by atoms with Crippen LogP contribution in [0.15, 0.2) is 58.4 Å². The van der Waals surface area contributed by atoms with Crippen molar-refractivity contribution in [2.45, 2.75) is 38.9 Å². The van der Waals surface area contributed by atoms with Crippen molar-refractivity contribution in [3.63, 3.8) is 0 Å². The summed E-state index contributed by atoms with van der Waals surface area (Å²) in [5, 5.41) is 0.664. The van der Waals surface area contributed by atoms with Crippen LogP contribution in [-0.2, 0) is 9.53 Å². The van der Waals surface area contributed by atoms with Gasteiger partial charge in [0.05, 0.1) is 36.5 Å². The van der Waals surface area contributed by atoms with Crippen LogP contribution in [0.4, 0.5) is 5.69 Å². The first-order valence-electron chi connectivity index (χ1n) is 10.9. The molecule has 2 heterocycles. The number of thioether (sulfide) groups is 1. The van der Waals surface area contributed by atoms with Gasteiger partial charge in [-0.25, -0.2) is 4.99 Å². The van der Waals surface area contributed by atoms with E-state index in [9.17, 15) is 4.79 Å². The maximum absolute atomic E-state index is 13.4. The minimum absolute atomic E-state index is 0.0263. The van der Waals surface area contributed by atoms with Gasteiger partial charge in [-0.1, -0.05) is 30.3 Å². The lowest BCUT2D eigenvalue weighted by Gasteiger charge is -2.19. The topological polar surface area (TPSA) is 60.4 Å². The molecule has 1 atom stereocenters. The number of amidine groups is 1. The fourth-order valence-electron chi connectivity index (χ4n) is 3.67. The molecule has 2 aromatic rings. The molecule has 0 saturated carbocycles. The number of hydrogen-bond acceptors (Lipinski definition) is 6. The Hall–Kier alpha value is -2.77. The van der Waals surface area contributed by atoms with Crippen molar-refractivity contribution < 1.29 is 19.0 Å². The monoisotopic (exact) mass is 452 g/mol. The SMILES string of the molecule is COc1cccc(/C=C2\SC(=Nc3ccccc3)N(C[C@@H]3CCCO3)C2=O)c1OC(C)C. The zero-order chi connectivity index (χ0) is 22.5. The predicted molar refractivity (Wildman–Crippen MR) is 129 cm³/mol. The summed E-state index contributed by atoms with van der Waals surface area (Å²) in [6.45, 7) is 5.18. The minimum atomic E-state index is -0.0708. The molecule has 32 heavy (non-hydrogen) atoms. The lowest BCUT2D eigenvalue weighted by atomic mass is 10.1. The van der Waals surface area contributed by atoms with Crippen LogP contribution >= 0.6 is 11.8 Å². The van der Waals surface area contributed by atoms with Gasteiger partial charge in [0.1, 0.15) is 0 Å². The highest BCUT2D eigenvalue weighted by Gasteiger charge is 2.36. The van der Waals surface area contributed by atoms with Crippen molar-refractivity contribution >= 4 is 34.6 Å². The van der Waals surface area contributed by atoms with Crippen LogP contribution in [0.2, 0.25) is 0 Å².